The van der Waals surface area contributed by atoms with Crippen LogP contribution in [-0.4, -0.2) is 27.2 Å². The van der Waals surface area contributed by atoms with E-state index in [1.54, 1.807) is 12.1 Å². The van der Waals surface area contributed by atoms with E-state index in [2.05, 4.69) is 15.4 Å². The van der Waals surface area contributed by atoms with Crippen LogP contribution in [0.1, 0.15) is 21.3 Å². The van der Waals surface area contributed by atoms with Crippen LogP contribution < -0.4 is 10.9 Å². The Morgan fingerprint density at radius 3 is 2.79 bits per heavy atom. The summed E-state index contributed by atoms with van der Waals surface area (Å²) >= 11 is 1.54. The maximum absolute atomic E-state index is 12.3. The first-order valence-electron chi connectivity index (χ1n) is 8.80. The fraction of sp³-hybridized carbons (Fsp3) is 0.200. The third-order valence-electron chi connectivity index (χ3n) is 4.26. The van der Waals surface area contributed by atoms with Gasteiger partial charge in [-0.05, 0) is 32.0 Å². The summed E-state index contributed by atoms with van der Waals surface area (Å²) in [6.07, 6.45) is 0. The molecular formula is C20H18N4O3S. The Balaban J connectivity index is 1.46. The van der Waals surface area contributed by atoms with Crippen molar-refractivity contribution >= 4 is 28.2 Å². The molecule has 0 saturated carbocycles. The van der Waals surface area contributed by atoms with Crippen LogP contribution in [0.5, 0.6) is 0 Å². The molecule has 0 aliphatic heterocycles. The van der Waals surface area contributed by atoms with Crippen LogP contribution in [-0.2, 0) is 6.54 Å². The van der Waals surface area contributed by atoms with Crippen LogP contribution >= 0.6 is 11.3 Å². The Kier molecular flexibility index (Phi) is 4.79. The summed E-state index contributed by atoms with van der Waals surface area (Å²) in [6.45, 7) is 4.37. The van der Waals surface area contributed by atoms with Gasteiger partial charge >= 0.3 is 0 Å². The number of aryl methyl sites for hydroxylation is 2. The number of carbonyl (C=O) groups excluding carboxylic acids is 1. The molecule has 142 valence electrons. The Bertz CT molecular complexity index is 1190. The number of benzene rings is 1. The number of carbonyl (C=O) groups is 1. The summed E-state index contributed by atoms with van der Waals surface area (Å²) in [6, 6.07) is 12.3. The molecule has 0 atom stereocenters. The minimum absolute atomic E-state index is 0.222. The van der Waals surface area contributed by atoms with E-state index in [1.165, 1.54) is 22.1 Å². The SMILES string of the molecule is Cc1nc(C)c(-c2ccc(=O)n(CCNC(=O)c3cc4ccccc4o3)n2)s1. The lowest BCUT2D eigenvalue weighted by atomic mass is 10.2. The van der Waals surface area contributed by atoms with Crippen molar-refractivity contribution < 1.29 is 9.21 Å². The summed E-state index contributed by atoms with van der Waals surface area (Å²) in [5.41, 5.74) is 2.03. The van der Waals surface area contributed by atoms with Crippen LogP contribution in [0.3, 0.4) is 0 Å². The number of rotatable bonds is 5. The second-order valence-corrected chi connectivity index (χ2v) is 7.53. The number of fused-ring (bicyclic) bond motifs is 1. The van der Waals surface area contributed by atoms with Gasteiger partial charge in [-0.2, -0.15) is 5.10 Å². The van der Waals surface area contributed by atoms with Gasteiger partial charge in [-0.3, -0.25) is 9.59 Å². The van der Waals surface area contributed by atoms with Crippen molar-refractivity contribution in [1.29, 1.82) is 0 Å². The van der Waals surface area contributed by atoms with Crippen molar-refractivity contribution in [2.75, 3.05) is 6.54 Å². The summed E-state index contributed by atoms with van der Waals surface area (Å²) in [7, 11) is 0. The number of nitrogens with zero attached hydrogens (tertiary/aromatic N) is 3. The Morgan fingerprint density at radius 1 is 1.21 bits per heavy atom. The molecule has 7 nitrogen and oxygen atoms in total. The Morgan fingerprint density at radius 2 is 2.04 bits per heavy atom. The monoisotopic (exact) mass is 394 g/mol. The zero-order chi connectivity index (χ0) is 19.7. The van der Waals surface area contributed by atoms with E-state index >= 15 is 0 Å². The predicted octanol–water partition coefficient (Wildman–Crippen LogP) is 3.16. The summed E-state index contributed by atoms with van der Waals surface area (Å²) in [5.74, 6) is -0.0830. The number of amides is 1. The number of para-hydroxylation sites is 1. The largest absolute Gasteiger partial charge is 0.451 e. The lowest BCUT2D eigenvalue weighted by molar-refractivity contribution is 0.0926. The minimum Gasteiger partial charge on any atom is -0.451 e. The Labute approximate surface area is 164 Å². The Hall–Kier alpha value is -3.26. The van der Waals surface area contributed by atoms with Gasteiger partial charge in [0.15, 0.2) is 5.76 Å². The first kappa shape index (κ1) is 18.1. The number of nitrogens with one attached hydrogen (secondary N) is 1. The number of aromatic nitrogens is 3. The standard InChI is InChI=1S/C20H18N4O3S/c1-12-19(28-13(2)22-12)15-7-8-18(25)24(23-15)10-9-21-20(26)17-11-14-5-3-4-6-16(14)27-17/h3-8,11H,9-10H2,1-2H3,(H,21,26). The number of hydrogen-bond acceptors (Lipinski definition) is 6. The quantitative estimate of drug-likeness (QED) is 0.562. The lowest BCUT2D eigenvalue weighted by Crippen LogP contribution is -2.31. The van der Waals surface area contributed by atoms with Gasteiger partial charge in [0.1, 0.15) is 11.3 Å². The van der Waals surface area contributed by atoms with Gasteiger partial charge in [0, 0.05) is 18.0 Å². The van der Waals surface area contributed by atoms with Crippen LogP contribution in [0.15, 0.2) is 51.7 Å². The number of thiazole rings is 1. The average Bonchev–Trinajstić information content (AvgIpc) is 3.26. The molecule has 4 rings (SSSR count). The van der Waals surface area contributed by atoms with E-state index in [0.29, 0.717) is 11.3 Å². The van der Waals surface area contributed by atoms with Crippen LogP contribution in [0, 0.1) is 13.8 Å². The van der Waals surface area contributed by atoms with E-state index in [0.717, 1.165) is 21.0 Å². The second kappa shape index (κ2) is 7.40. The first-order chi connectivity index (χ1) is 13.5. The van der Waals surface area contributed by atoms with Gasteiger partial charge in [-0.25, -0.2) is 9.67 Å². The van der Waals surface area contributed by atoms with Crippen LogP contribution in [0.2, 0.25) is 0 Å². The van der Waals surface area contributed by atoms with Crippen molar-refractivity contribution in [2.24, 2.45) is 0 Å². The fourth-order valence-corrected chi connectivity index (χ4v) is 3.84. The maximum Gasteiger partial charge on any atom is 0.287 e. The van der Waals surface area contributed by atoms with E-state index in [4.69, 9.17) is 4.42 Å². The highest BCUT2D eigenvalue weighted by Crippen LogP contribution is 2.27. The topological polar surface area (TPSA) is 90.0 Å². The van der Waals surface area contributed by atoms with Gasteiger partial charge in [0.25, 0.3) is 11.5 Å². The normalized spacial score (nSPS) is 11.1. The maximum atomic E-state index is 12.3. The number of furan rings is 1. The highest BCUT2D eigenvalue weighted by molar-refractivity contribution is 7.15. The first-order valence-corrected chi connectivity index (χ1v) is 9.62. The van der Waals surface area contributed by atoms with Crippen LogP contribution in [0.25, 0.3) is 21.5 Å². The molecule has 1 amide bonds. The van der Waals surface area contributed by atoms with Gasteiger partial charge in [0.05, 0.1) is 22.1 Å². The zero-order valence-electron chi connectivity index (χ0n) is 15.4. The molecule has 3 heterocycles. The molecule has 0 spiro atoms. The molecule has 1 aromatic carbocycles. The molecule has 0 aliphatic carbocycles. The molecule has 0 aliphatic rings. The smallest absolute Gasteiger partial charge is 0.287 e. The fourth-order valence-electron chi connectivity index (χ4n) is 2.96. The third-order valence-corrected chi connectivity index (χ3v) is 5.36. The third kappa shape index (κ3) is 3.59. The van der Waals surface area contributed by atoms with Gasteiger partial charge in [-0.15, -0.1) is 11.3 Å². The van der Waals surface area contributed by atoms with E-state index < -0.39 is 0 Å². The zero-order valence-corrected chi connectivity index (χ0v) is 16.2. The lowest BCUT2D eigenvalue weighted by Gasteiger charge is -2.07. The molecule has 8 heteroatoms. The highest BCUT2D eigenvalue weighted by Gasteiger charge is 2.13. The summed E-state index contributed by atoms with van der Waals surface area (Å²) in [5, 5.41) is 9.01. The molecule has 28 heavy (non-hydrogen) atoms. The summed E-state index contributed by atoms with van der Waals surface area (Å²) < 4.78 is 6.90. The molecule has 0 saturated heterocycles. The van der Waals surface area contributed by atoms with E-state index in [1.807, 2.05) is 38.1 Å². The number of hydrogen-bond donors (Lipinski definition) is 1. The highest BCUT2D eigenvalue weighted by atomic mass is 32.1. The molecule has 0 radical (unpaired) electrons. The van der Waals surface area contributed by atoms with Gasteiger partial charge in [-0.1, -0.05) is 18.2 Å². The average molecular weight is 394 g/mol. The van der Waals surface area contributed by atoms with Crippen molar-refractivity contribution in [3.8, 4) is 10.6 Å². The molecule has 0 fully saturated rings. The van der Waals surface area contributed by atoms with E-state index in [9.17, 15) is 9.59 Å². The van der Waals surface area contributed by atoms with Gasteiger partial charge in [0.2, 0.25) is 0 Å². The van der Waals surface area contributed by atoms with E-state index in [-0.39, 0.29) is 30.3 Å². The van der Waals surface area contributed by atoms with Crippen molar-refractivity contribution in [3.63, 3.8) is 0 Å². The van der Waals surface area contributed by atoms with Crippen molar-refractivity contribution in [2.45, 2.75) is 20.4 Å². The van der Waals surface area contributed by atoms with Crippen molar-refractivity contribution in [1.82, 2.24) is 20.1 Å². The van der Waals surface area contributed by atoms with Crippen LogP contribution in [0.4, 0.5) is 0 Å². The molecular weight excluding hydrogens is 376 g/mol. The van der Waals surface area contributed by atoms with Gasteiger partial charge < -0.3 is 9.73 Å². The second-order valence-electron chi connectivity index (χ2n) is 6.33. The van der Waals surface area contributed by atoms with Crippen molar-refractivity contribution in [3.05, 3.63) is 69.3 Å². The minimum atomic E-state index is -0.325. The molecule has 1 N–H and O–H groups in total. The molecule has 0 bridgehead atoms. The molecule has 0 unspecified atom stereocenters. The molecule has 3 aromatic heterocycles. The summed E-state index contributed by atoms with van der Waals surface area (Å²) in [4.78, 5) is 29.8. The predicted molar refractivity (Wildman–Crippen MR) is 108 cm³/mol. The molecule has 4 aromatic rings.